The predicted molar refractivity (Wildman–Crippen MR) is 78.1 cm³/mol. The molecule has 1 fully saturated rings. The van der Waals surface area contributed by atoms with E-state index in [-0.39, 0.29) is 11.7 Å². The number of nitrogens with one attached hydrogen (secondary N) is 2. The third-order valence-corrected chi connectivity index (χ3v) is 4.28. The molecule has 6 heteroatoms. The Morgan fingerprint density at radius 2 is 2.25 bits per heavy atom. The highest BCUT2D eigenvalue weighted by molar-refractivity contribution is 7.17. The molecule has 1 aromatic carbocycles. The summed E-state index contributed by atoms with van der Waals surface area (Å²) >= 11 is 1.68. The first-order chi connectivity index (χ1) is 9.79. The van der Waals surface area contributed by atoms with Gasteiger partial charge in [0, 0.05) is 16.3 Å². The van der Waals surface area contributed by atoms with E-state index in [0.717, 1.165) is 29.7 Å². The van der Waals surface area contributed by atoms with Gasteiger partial charge in [-0.3, -0.25) is 9.89 Å². The summed E-state index contributed by atoms with van der Waals surface area (Å²) in [5.41, 5.74) is 0.763. The molecule has 0 bridgehead atoms. The number of thiophene rings is 1. The van der Waals surface area contributed by atoms with Crippen LogP contribution in [0.15, 0.2) is 29.6 Å². The monoisotopic (exact) mass is 284 g/mol. The minimum absolute atomic E-state index is 0.206. The Balaban J connectivity index is 1.55. The summed E-state index contributed by atoms with van der Waals surface area (Å²) in [5.74, 6) is 1.22. The molecule has 5 nitrogen and oxygen atoms in total. The van der Waals surface area contributed by atoms with Crippen molar-refractivity contribution in [1.82, 2.24) is 15.2 Å². The van der Waals surface area contributed by atoms with Crippen LogP contribution in [0.5, 0.6) is 0 Å². The lowest BCUT2D eigenvalue weighted by atomic mass is 10.2. The molecule has 0 aliphatic heterocycles. The number of H-pyrrole nitrogens is 1. The second kappa shape index (κ2) is 4.42. The van der Waals surface area contributed by atoms with E-state index in [4.69, 9.17) is 0 Å². The third kappa shape index (κ3) is 2.08. The van der Waals surface area contributed by atoms with Gasteiger partial charge in [-0.25, -0.2) is 4.98 Å². The van der Waals surface area contributed by atoms with E-state index in [1.165, 1.54) is 4.70 Å². The summed E-state index contributed by atoms with van der Waals surface area (Å²) in [6, 6.07) is 7.89. The van der Waals surface area contributed by atoms with E-state index in [1.807, 2.05) is 29.6 Å². The predicted octanol–water partition coefficient (Wildman–Crippen LogP) is 3.15. The van der Waals surface area contributed by atoms with Gasteiger partial charge in [0.15, 0.2) is 0 Å². The van der Waals surface area contributed by atoms with Gasteiger partial charge in [-0.2, -0.15) is 0 Å². The van der Waals surface area contributed by atoms with Gasteiger partial charge in [-0.15, -0.1) is 16.4 Å². The quantitative estimate of drug-likeness (QED) is 0.776. The summed E-state index contributed by atoms with van der Waals surface area (Å²) in [5, 5.41) is 12.8. The number of aromatic amines is 1. The topological polar surface area (TPSA) is 70.7 Å². The fraction of sp³-hybridized carbons (Fsp3) is 0.214. The van der Waals surface area contributed by atoms with Crippen molar-refractivity contribution in [2.75, 3.05) is 5.32 Å². The zero-order valence-corrected chi connectivity index (χ0v) is 11.4. The number of carbonyl (C=O) groups is 1. The minimum Gasteiger partial charge on any atom is -0.319 e. The standard InChI is InChI=1S/C14H12N4OS/c19-14(13-16-12(17-18-13)8-1-2-8)15-10-3-4-11-9(7-10)5-6-20-11/h3-8H,1-2H2,(H,15,19)(H,16,17,18). The van der Waals surface area contributed by atoms with Crippen molar-refractivity contribution in [1.29, 1.82) is 0 Å². The van der Waals surface area contributed by atoms with Gasteiger partial charge in [0.25, 0.3) is 5.91 Å². The molecule has 1 amide bonds. The normalized spacial score (nSPS) is 14.6. The van der Waals surface area contributed by atoms with E-state index in [1.54, 1.807) is 11.3 Å². The van der Waals surface area contributed by atoms with E-state index in [0.29, 0.717) is 5.92 Å². The molecule has 0 unspecified atom stereocenters. The van der Waals surface area contributed by atoms with E-state index in [9.17, 15) is 4.79 Å². The van der Waals surface area contributed by atoms with E-state index >= 15 is 0 Å². The lowest BCUT2D eigenvalue weighted by molar-refractivity contribution is 0.101. The zero-order chi connectivity index (χ0) is 13.5. The van der Waals surface area contributed by atoms with Crippen molar-refractivity contribution in [3.63, 3.8) is 0 Å². The number of anilines is 1. The molecule has 1 saturated carbocycles. The van der Waals surface area contributed by atoms with Crippen LogP contribution >= 0.6 is 11.3 Å². The number of nitrogens with zero attached hydrogens (tertiary/aromatic N) is 2. The molecule has 2 heterocycles. The molecule has 100 valence electrons. The Hall–Kier alpha value is -2.21. The van der Waals surface area contributed by atoms with Gasteiger partial charge in [0.2, 0.25) is 5.82 Å². The summed E-state index contributed by atoms with van der Waals surface area (Å²) in [6.07, 6.45) is 2.26. The van der Waals surface area contributed by atoms with Crippen LogP contribution in [0.1, 0.15) is 35.2 Å². The van der Waals surface area contributed by atoms with Crippen LogP contribution in [0.25, 0.3) is 10.1 Å². The summed E-state index contributed by atoms with van der Waals surface area (Å²) in [7, 11) is 0. The Morgan fingerprint density at radius 1 is 1.35 bits per heavy atom. The lowest BCUT2D eigenvalue weighted by Crippen LogP contribution is -2.13. The third-order valence-electron chi connectivity index (χ3n) is 3.38. The maximum Gasteiger partial charge on any atom is 0.295 e. The molecule has 0 radical (unpaired) electrons. The number of aromatic nitrogens is 3. The maximum atomic E-state index is 12.1. The van der Waals surface area contributed by atoms with E-state index < -0.39 is 0 Å². The average Bonchev–Trinajstić information content (AvgIpc) is 3.01. The summed E-state index contributed by atoms with van der Waals surface area (Å²) < 4.78 is 1.21. The van der Waals surface area contributed by atoms with Crippen molar-refractivity contribution in [3.8, 4) is 0 Å². The Labute approximate surface area is 119 Å². The minimum atomic E-state index is -0.275. The van der Waals surface area contributed by atoms with Crippen molar-refractivity contribution < 1.29 is 4.79 Å². The highest BCUT2D eigenvalue weighted by atomic mass is 32.1. The molecule has 2 aromatic heterocycles. The Bertz CT molecular complexity index is 787. The number of rotatable bonds is 3. The second-order valence-electron chi connectivity index (χ2n) is 4.95. The molecule has 3 aromatic rings. The van der Waals surface area contributed by atoms with Crippen molar-refractivity contribution in [2.24, 2.45) is 0 Å². The number of hydrogen-bond donors (Lipinski definition) is 2. The fourth-order valence-electron chi connectivity index (χ4n) is 2.15. The molecular formula is C14H12N4OS. The maximum absolute atomic E-state index is 12.1. The largest absolute Gasteiger partial charge is 0.319 e. The molecule has 1 aliphatic carbocycles. The zero-order valence-electron chi connectivity index (χ0n) is 10.6. The number of benzene rings is 1. The van der Waals surface area contributed by atoms with Crippen LogP contribution in [-0.2, 0) is 0 Å². The van der Waals surface area contributed by atoms with Crippen LogP contribution < -0.4 is 5.32 Å². The van der Waals surface area contributed by atoms with Gasteiger partial charge < -0.3 is 5.32 Å². The molecule has 0 saturated heterocycles. The highest BCUT2D eigenvalue weighted by Crippen LogP contribution is 2.37. The molecule has 20 heavy (non-hydrogen) atoms. The van der Waals surface area contributed by atoms with Crippen molar-refractivity contribution in [2.45, 2.75) is 18.8 Å². The van der Waals surface area contributed by atoms with Gasteiger partial charge in [-0.1, -0.05) is 0 Å². The first kappa shape index (κ1) is 11.6. The SMILES string of the molecule is O=C(Nc1ccc2sccc2c1)c1n[nH]c(C2CC2)n1. The number of carbonyl (C=O) groups excluding carboxylic acids is 1. The number of amides is 1. The first-order valence-corrected chi connectivity index (χ1v) is 7.38. The molecule has 2 N–H and O–H groups in total. The number of fused-ring (bicyclic) bond motifs is 1. The van der Waals surface area contributed by atoms with Gasteiger partial charge >= 0.3 is 0 Å². The summed E-state index contributed by atoms with van der Waals surface area (Å²) in [6.45, 7) is 0. The highest BCUT2D eigenvalue weighted by Gasteiger charge is 2.28. The van der Waals surface area contributed by atoms with Crippen LogP contribution in [0.3, 0.4) is 0 Å². The van der Waals surface area contributed by atoms with Gasteiger partial charge in [-0.05, 0) is 47.9 Å². The van der Waals surface area contributed by atoms with Crippen LogP contribution in [0, 0.1) is 0 Å². The smallest absolute Gasteiger partial charge is 0.295 e. The lowest BCUT2D eigenvalue weighted by Gasteiger charge is -2.02. The number of hydrogen-bond acceptors (Lipinski definition) is 4. The molecule has 1 aliphatic rings. The van der Waals surface area contributed by atoms with Crippen molar-refractivity contribution >= 4 is 33.0 Å². The second-order valence-corrected chi connectivity index (χ2v) is 5.89. The average molecular weight is 284 g/mol. The Kier molecular flexibility index (Phi) is 2.56. The van der Waals surface area contributed by atoms with Gasteiger partial charge in [0.1, 0.15) is 5.82 Å². The molecule has 4 rings (SSSR count). The van der Waals surface area contributed by atoms with Crippen LogP contribution in [0.4, 0.5) is 5.69 Å². The molecule has 0 spiro atoms. The first-order valence-electron chi connectivity index (χ1n) is 6.50. The van der Waals surface area contributed by atoms with Crippen LogP contribution in [-0.4, -0.2) is 21.1 Å². The Morgan fingerprint density at radius 3 is 3.10 bits per heavy atom. The molecule has 0 atom stereocenters. The van der Waals surface area contributed by atoms with E-state index in [2.05, 4.69) is 20.5 Å². The molecular weight excluding hydrogens is 272 g/mol. The van der Waals surface area contributed by atoms with Crippen LogP contribution in [0.2, 0.25) is 0 Å². The summed E-state index contributed by atoms with van der Waals surface area (Å²) in [4.78, 5) is 16.3. The fourth-order valence-corrected chi connectivity index (χ4v) is 2.92. The van der Waals surface area contributed by atoms with Gasteiger partial charge in [0.05, 0.1) is 0 Å². The van der Waals surface area contributed by atoms with Crippen molar-refractivity contribution in [3.05, 3.63) is 41.3 Å².